The van der Waals surface area contributed by atoms with Crippen LogP contribution in [-0.4, -0.2) is 46.6 Å². The van der Waals surface area contributed by atoms with Gasteiger partial charge in [-0.3, -0.25) is 19.2 Å². The van der Waals surface area contributed by atoms with Crippen molar-refractivity contribution in [3.8, 4) is 0 Å². The van der Waals surface area contributed by atoms with Crippen LogP contribution in [0.3, 0.4) is 0 Å². The van der Waals surface area contributed by atoms with Crippen LogP contribution in [-0.2, 0) is 19.2 Å². The summed E-state index contributed by atoms with van der Waals surface area (Å²) in [5.74, 6) is 5.11. The molecule has 88 heavy (non-hydrogen) atoms. The van der Waals surface area contributed by atoms with Crippen molar-refractivity contribution >= 4 is 118 Å². The van der Waals surface area contributed by atoms with Crippen LogP contribution < -0.4 is 21.3 Å². The Bertz CT molecular complexity index is 2880. The van der Waals surface area contributed by atoms with Crippen LogP contribution >= 0.6 is 94.1 Å². The highest BCUT2D eigenvalue weighted by molar-refractivity contribution is 8.45. The third kappa shape index (κ3) is 23.8. The lowest BCUT2D eigenvalue weighted by atomic mass is 9.98. The second kappa shape index (κ2) is 38.6. The number of thioether (sulfide) groups is 8. The lowest BCUT2D eigenvalue weighted by Gasteiger charge is -2.15. The number of nitrogens with one attached hydrogen (secondary N) is 4. The number of carbonyl (C=O) groups excluding carboxylic acids is 4. The number of allylic oxidation sites excluding steroid dienone is 8. The highest BCUT2D eigenvalue weighted by atomic mass is 32.3. The highest BCUT2D eigenvalue weighted by Gasteiger charge is 2.31. The van der Waals surface area contributed by atoms with E-state index in [0.717, 1.165) is 122 Å². The standard InChI is InChI=1S/C72H88N4O4S8/c1-51(55-27-11-5-12-28-55)73-63(77)35-15-7-23-47-81-67-68(82-48-24-8-16-36-64(78)74-52(2)56-29-13-6-14-30-56)86-71(85-67)72-87-69(83-49-25-9-17-37-65(79)75-53(3)57-39-43-61(44-40-57)59-31-19-20-32-59)70(88-72)84-50-26-10-18-38-66(80)76-54(4)58-41-45-62(46-42-58)60-33-21-22-34-60/h5-6,11-14,19-22,27-34,39-46,51-54,59-60H,7-10,15-18,23-26,35-38,47-50H2,1-4H3,(H,73,77)(H,74,78)(H,75,79)(H,76,80)/t51-,52-,53-,54-/m0/s1. The van der Waals surface area contributed by atoms with Crippen LogP contribution in [0.15, 0.2) is 183 Å². The number of amides is 4. The molecular formula is C72H88N4O4S8. The quantitative estimate of drug-likeness (QED) is 0.0320. The summed E-state index contributed by atoms with van der Waals surface area (Å²) in [6.45, 7) is 8.23. The summed E-state index contributed by atoms with van der Waals surface area (Å²) in [6.07, 6.45) is 31.0. The van der Waals surface area contributed by atoms with E-state index in [2.05, 4.69) is 157 Å². The first-order valence-electron chi connectivity index (χ1n) is 31.6. The molecule has 8 nitrogen and oxygen atoms in total. The first-order valence-corrected chi connectivity index (χ1v) is 38.8. The molecule has 2 heterocycles. The van der Waals surface area contributed by atoms with Crippen molar-refractivity contribution in [2.75, 3.05) is 23.0 Å². The largest absolute Gasteiger partial charge is 0.350 e. The Morgan fingerprint density at radius 3 is 0.852 bits per heavy atom. The normalized spacial score (nSPS) is 16.2. The molecule has 2 aliphatic heterocycles. The van der Waals surface area contributed by atoms with Crippen LogP contribution in [0.2, 0.25) is 0 Å². The second-order valence-electron chi connectivity index (χ2n) is 22.7. The topological polar surface area (TPSA) is 116 Å². The van der Waals surface area contributed by atoms with Crippen molar-refractivity contribution < 1.29 is 19.2 Å². The van der Waals surface area contributed by atoms with Crippen molar-refractivity contribution in [3.05, 3.63) is 217 Å². The molecule has 468 valence electrons. The van der Waals surface area contributed by atoms with Crippen LogP contribution in [0.1, 0.15) is 200 Å². The SMILES string of the molecule is C[C@H](NC(=O)CCCCCSC1=C(SCCCCCC(=O)N[C@@H](C)c2ccccc2)SC(=C2SC(SCCCCCC(=O)N[C@@H](C)c3ccc(C4C=CC=C4)cc3)=C(SCCCCCC(=O)N[C@@H](C)c3ccc(C4C=CC=C4)cc3)S2)S1)c1ccccc1. The van der Waals surface area contributed by atoms with Crippen molar-refractivity contribution in [2.24, 2.45) is 0 Å². The number of benzene rings is 4. The zero-order chi connectivity index (χ0) is 61.7. The predicted octanol–water partition coefficient (Wildman–Crippen LogP) is 20.4. The molecule has 0 spiro atoms. The number of unbranched alkanes of at least 4 members (excludes halogenated alkanes) is 8. The van der Waals surface area contributed by atoms with Gasteiger partial charge >= 0.3 is 0 Å². The van der Waals surface area contributed by atoms with Crippen molar-refractivity contribution in [3.63, 3.8) is 0 Å². The van der Waals surface area contributed by atoms with E-state index in [1.807, 2.05) is 144 Å². The maximum Gasteiger partial charge on any atom is 0.220 e. The molecule has 0 bridgehead atoms. The second-order valence-corrected chi connectivity index (χ2v) is 32.7. The molecule has 16 heteroatoms. The van der Waals surface area contributed by atoms with Crippen LogP contribution in [0.4, 0.5) is 0 Å². The molecule has 4 N–H and O–H groups in total. The smallest absolute Gasteiger partial charge is 0.220 e. The Morgan fingerprint density at radius 2 is 0.591 bits per heavy atom. The minimum Gasteiger partial charge on any atom is -0.350 e. The van der Waals surface area contributed by atoms with Gasteiger partial charge in [0.1, 0.15) is 0 Å². The molecule has 4 atom stereocenters. The third-order valence-corrected chi connectivity index (χ3v) is 27.5. The molecule has 4 aliphatic rings. The lowest BCUT2D eigenvalue weighted by molar-refractivity contribution is -0.122. The molecule has 4 aromatic rings. The van der Waals surface area contributed by atoms with E-state index < -0.39 is 0 Å². The Morgan fingerprint density at radius 1 is 0.341 bits per heavy atom. The Kier molecular flexibility index (Phi) is 30.5. The monoisotopic (exact) mass is 1330 g/mol. The van der Waals surface area contributed by atoms with Crippen LogP contribution in [0.5, 0.6) is 0 Å². The van der Waals surface area contributed by atoms with Gasteiger partial charge in [-0.05, 0) is 135 Å². The van der Waals surface area contributed by atoms with Gasteiger partial charge in [0.25, 0.3) is 0 Å². The Hall–Kier alpha value is -4.26. The first kappa shape index (κ1) is 69.6. The fourth-order valence-electron chi connectivity index (χ4n) is 10.4. The van der Waals surface area contributed by atoms with Gasteiger partial charge in [-0.2, -0.15) is 0 Å². The molecule has 0 saturated heterocycles. The van der Waals surface area contributed by atoms with Gasteiger partial charge in [-0.1, -0.05) is 231 Å². The fraction of sp³-hybridized carbons (Fsp3) is 0.417. The molecule has 0 radical (unpaired) electrons. The fourth-order valence-corrected chi connectivity index (χ4v) is 22.6. The van der Waals surface area contributed by atoms with E-state index in [4.69, 9.17) is 0 Å². The molecule has 0 unspecified atom stereocenters. The maximum atomic E-state index is 13.1. The van der Waals surface area contributed by atoms with Gasteiger partial charge in [0, 0.05) is 37.5 Å². The average Bonchev–Trinajstić information content (AvgIpc) is 3.15. The minimum atomic E-state index is -0.0398. The van der Waals surface area contributed by atoms with E-state index >= 15 is 0 Å². The van der Waals surface area contributed by atoms with Gasteiger partial charge in [-0.25, -0.2) is 0 Å². The van der Waals surface area contributed by atoms with E-state index in [-0.39, 0.29) is 47.8 Å². The zero-order valence-electron chi connectivity index (χ0n) is 51.5. The lowest BCUT2D eigenvalue weighted by Crippen LogP contribution is -2.26. The molecule has 2 aliphatic carbocycles. The van der Waals surface area contributed by atoms with E-state index in [1.54, 1.807) is 0 Å². The summed E-state index contributed by atoms with van der Waals surface area (Å²) in [4.78, 5) is 51.9. The van der Waals surface area contributed by atoms with Gasteiger partial charge in [0.2, 0.25) is 23.6 Å². The molecular weight excluding hydrogens is 1240 g/mol. The number of hydrogen-bond acceptors (Lipinski definition) is 12. The summed E-state index contributed by atoms with van der Waals surface area (Å²) in [7, 11) is 0. The van der Waals surface area contributed by atoms with E-state index in [0.29, 0.717) is 37.5 Å². The summed E-state index contributed by atoms with van der Waals surface area (Å²) in [6, 6.07) is 37.4. The van der Waals surface area contributed by atoms with Crippen molar-refractivity contribution in [1.82, 2.24) is 21.3 Å². The predicted molar refractivity (Wildman–Crippen MR) is 389 cm³/mol. The number of rotatable bonds is 38. The summed E-state index contributed by atoms with van der Waals surface area (Å²) < 4.78 is 8.26. The summed E-state index contributed by atoms with van der Waals surface area (Å²) in [5, 5.41) is 12.8. The molecule has 4 amide bonds. The third-order valence-electron chi connectivity index (χ3n) is 15.6. The zero-order valence-corrected chi connectivity index (χ0v) is 58.0. The average molecular weight is 1330 g/mol. The van der Waals surface area contributed by atoms with Gasteiger partial charge < -0.3 is 21.3 Å². The summed E-state index contributed by atoms with van der Waals surface area (Å²) >= 11 is 15.6. The Labute approximate surface area is 559 Å². The number of hydrogen-bond donors (Lipinski definition) is 4. The summed E-state index contributed by atoms with van der Waals surface area (Å²) in [5.41, 5.74) is 7.02. The first-order chi connectivity index (χ1) is 42.9. The maximum absolute atomic E-state index is 13.1. The molecule has 0 aromatic heterocycles. The van der Waals surface area contributed by atoms with Crippen LogP contribution in [0.25, 0.3) is 0 Å². The molecule has 0 fully saturated rings. The van der Waals surface area contributed by atoms with E-state index in [1.165, 1.54) is 36.5 Å². The van der Waals surface area contributed by atoms with Gasteiger partial charge in [0.05, 0.1) is 49.6 Å². The minimum absolute atomic E-state index is 0.00676. The molecule has 4 aromatic carbocycles. The van der Waals surface area contributed by atoms with Crippen LogP contribution in [0, 0.1) is 0 Å². The van der Waals surface area contributed by atoms with E-state index in [9.17, 15) is 19.2 Å². The number of carbonyl (C=O) groups is 4. The molecule has 8 rings (SSSR count). The molecule has 0 saturated carbocycles. The highest BCUT2D eigenvalue weighted by Crippen LogP contribution is 2.66. The van der Waals surface area contributed by atoms with Gasteiger partial charge in [-0.15, -0.1) is 47.0 Å². The van der Waals surface area contributed by atoms with Crippen molar-refractivity contribution in [2.45, 2.75) is 166 Å². The van der Waals surface area contributed by atoms with Crippen molar-refractivity contribution in [1.29, 1.82) is 0 Å². The van der Waals surface area contributed by atoms with Gasteiger partial charge in [0.15, 0.2) is 0 Å². The Balaban J connectivity index is 0.822.